The van der Waals surface area contributed by atoms with Crippen LogP contribution in [0.3, 0.4) is 0 Å². The smallest absolute Gasteiger partial charge is 0.140 e. The van der Waals surface area contributed by atoms with Crippen LogP contribution in [0, 0.1) is 5.92 Å². The summed E-state index contributed by atoms with van der Waals surface area (Å²) in [7, 11) is 0. The second-order valence-corrected chi connectivity index (χ2v) is 6.88. The van der Waals surface area contributed by atoms with Crippen molar-refractivity contribution in [3.05, 3.63) is 71.8 Å². The molecule has 132 valence electrons. The third-order valence-corrected chi connectivity index (χ3v) is 5.17. The van der Waals surface area contributed by atoms with Gasteiger partial charge in [-0.05, 0) is 44.2 Å². The standard InChI is InChI=1S/C23H28O2/c1-4-16-23(20-11-7-5-8-12-20,21-13-9-6-10-14-21)17-15-22(18(2)24)19(3)25/h5-14,22H,4,15-17H2,1-3H3. The van der Waals surface area contributed by atoms with Crippen molar-refractivity contribution in [3.63, 3.8) is 0 Å². The molecule has 0 unspecified atom stereocenters. The number of Topliss-reactive ketones (excluding diaryl/α,β-unsaturated/α-hetero) is 2. The van der Waals surface area contributed by atoms with Gasteiger partial charge in [0.2, 0.25) is 0 Å². The lowest BCUT2D eigenvalue weighted by Crippen LogP contribution is -2.30. The first kappa shape index (κ1) is 19.1. The van der Waals surface area contributed by atoms with E-state index in [9.17, 15) is 9.59 Å². The Morgan fingerprint density at radius 3 is 1.60 bits per heavy atom. The molecule has 0 fully saturated rings. The van der Waals surface area contributed by atoms with E-state index in [-0.39, 0.29) is 17.0 Å². The van der Waals surface area contributed by atoms with Crippen LogP contribution in [0.4, 0.5) is 0 Å². The summed E-state index contributed by atoms with van der Waals surface area (Å²) in [6, 6.07) is 21.0. The number of benzene rings is 2. The number of hydrogen-bond acceptors (Lipinski definition) is 2. The van der Waals surface area contributed by atoms with Crippen molar-refractivity contribution in [2.24, 2.45) is 5.92 Å². The SMILES string of the molecule is CCCC(CCC(C(C)=O)C(C)=O)(c1ccccc1)c1ccccc1. The Labute approximate surface area is 151 Å². The highest BCUT2D eigenvalue weighted by Crippen LogP contribution is 2.41. The summed E-state index contributed by atoms with van der Waals surface area (Å²) in [6.45, 7) is 5.24. The van der Waals surface area contributed by atoms with Gasteiger partial charge in [-0.1, -0.05) is 74.0 Å². The molecule has 25 heavy (non-hydrogen) atoms. The fourth-order valence-corrected chi connectivity index (χ4v) is 3.89. The number of carbonyl (C=O) groups is 2. The second kappa shape index (κ2) is 8.75. The van der Waals surface area contributed by atoms with Crippen molar-refractivity contribution in [1.29, 1.82) is 0 Å². The normalized spacial score (nSPS) is 11.5. The first-order valence-corrected chi connectivity index (χ1v) is 9.13. The van der Waals surface area contributed by atoms with E-state index in [4.69, 9.17) is 0 Å². The van der Waals surface area contributed by atoms with Crippen molar-refractivity contribution in [3.8, 4) is 0 Å². The summed E-state index contributed by atoms with van der Waals surface area (Å²) in [5.41, 5.74) is 2.35. The summed E-state index contributed by atoms with van der Waals surface area (Å²) in [5.74, 6) is -0.554. The Morgan fingerprint density at radius 1 is 0.800 bits per heavy atom. The van der Waals surface area contributed by atoms with Gasteiger partial charge in [0.05, 0.1) is 5.92 Å². The molecule has 2 aromatic rings. The lowest BCUT2D eigenvalue weighted by molar-refractivity contribution is -0.130. The van der Waals surface area contributed by atoms with E-state index in [1.165, 1.54) is 25.0 Å². The van der Waals surface area contributed by atoms with Crippen molar-refractivity contribution in [2.45, 2.75) is 51.9 Å². The third-order valence-electron chi connectivity index (χ3n) is 5.17. The molecule has 2 nitrogen and oxygen atoms in total. The van der Waals surface area contributed by atoms with Crippen LogP contribution in [0.2, 0.25) is 0 Å². The first-order chi connectivity index (χ1) is 12.0. The van der Waals surface area contributed by atoms with E-state index >= 15 is 0 Å². The van der Waals surface area contributed by atoms with Gasteiger partial charge in [-0.25, -0.2) is 0 Å². The zero-order chi connectivity index (χ0) is 18.3. The Bertz CT molecular complexity index is 635. The van der Waals surface area contributed by atoms with Crippen LogP contribution in [0.5, 0.6) is 0 Å². The largest absolute Gasteiger partial charge is 0.299 e. The lowest BCUT2D eigenvalue weighted by Gasteiger charge is -2.36. The monoisotopic (exact) mass is 336 g/mol. The Balaban J connectivity index is 2.47. The average Bonchev–Trinajstić information content (AvgIpc) is 2.62. The molecular weight excluding hydrogens is 308 g/mol. The predicted molar refractivity (Wildman–Crippen MR) is 103 cm³/mol. The highest BCUT2D eigenvalue weighted by Gasteiger charge is 2.35. The summed E-state index contributed by atoms with van der Waals surface area (Å²) in [5, 5.41) is 0. The number of rotatable bonds is 9. The van der Waals surface area contributed by atoms with Crippen LogP contribution >= 0.6 is 0 Å². The molecule has 0 saturated carbocycles. The number of carbonyl (C=O) groups excluding carboxylic acids is 2. The molecule has 0 heterocycles. The number of ketones is 2. The molecule has 0 radical (unpaired) electrons. The molecular formula is C23H28O2. The first-order valence-electron chi connectivity index (χ1n) is 9.13. The molecule has 0 aliphatic rings. The summed E-state index contributed by atoms with van der Waals surface area (Å²) >= 11 is 0. The van der Waals surface area contributed by atoms with Crippen LogP contribution in [-0.4, -0.2) is 11.6 Å². The molecule has 0 atom stereocenters. The fourth-order valence-electron chi connectivity index (χ4n) is 3.89. The van der Waals surface area contributed by atoms with Gasteiger partial charge in [-0.15, -0.1) is 0 Å². The maximum Gasteiger partial charge on any atom is 0.140 e. The van der Waals surface area contributed by atoms with Crippen LogP contribution in [-0.2, 0) is 15.0 Å². The number of hydrogen-bond donors (Lipinski definition) is 0. The minimum absolute atomic E-state index is 0.0287. The van der Waals surface area contributed by atoms with E-state index in [0.29, 0.717) is 6.42 Å². The molecule has 0 aliphatic carbocycles. The van der Waals surface area contributed by atoms with E-state index in [0.717, 1.165) is 19.3 Å². The minimum atomic E-state index is -0.497. The van der Waals surface area contributed by atoms with E-state index in [1.807, 2.05) is 12.1 Å². The highest BCUT2D eigenvalue weighted by atomic mass is 16.1. The molecule has 2 rings (SSSR count). The van der Waals surface area contributed by atoms with E-state index in [2.05, 4.69) is 55.5 Å². The van der Waals surface area contributed by atoms with Crippen molar-refractivity contribution < 1.29 is 9.59 Å². The maximum absolute atomic E-state index is 11.9. The average molecular weight is 336 g/mol. The molecule has 0 bridgehead atoms. The molecule has 0 spiro atoms. The van der Waals surface area contributed by atoms with Gasteiger partial charge in [-0.3, -0.25) is 9.59 Å². The third kappa shape index (κ3) is 4.45. The van der Waals surface area contributed by atoms with Crippen molar-refractivity contribution in [1.82, 2.24) is 0 Å². The van der Waals surface area contributed by atoms with Gasteiger partial charge in [-0.2, -0.15) is 0 Å². The van der Waals surface area contributed by atoms with Crippen LogP contribution in [0.15, 0.2) is 60.7 Å². The molecule has 0 aromatic heterocycles. The fraction of sp³-hybridized carbons (Fsp3) is 0.391. The van der Waals surface area contributed by atoms with Gasteiger partial charge < -0.3 is 0 Å². The van der Waals surface area contributed by atoms with Gasteiger partial charge in [0.1, 0.15) is 11.6 Å². The Morgan fingerprint density at radius 2 is 1.24 bits per heavy atom. The molecule has 0 aliphatic heterocycles. The van der Waals surface area contributed by atoms with Crippen molar-refractivity contribution in [2.75, 3.05) is 0 Å². The molecule has 0 amide bonds. The van der Waals surface area contributed by atoms with Gasteiger partial charge in [0, 0.05) is 5.41 Å². The molecule has 0 N–H and O–H groups in total. The van der Waals surface area contributed by atoms with Gasteiger partial charge in [0.15, 0.2) is 0 Å². The zero-order valence-electron chi connectivity index (χ0n) is 15.5. The predicted octanol–water partition coefficient (Wildman–Crippen LogP) is 5.35. The highest BCUT2D eigenvalue weighted by molar-refractivity contribution is 6.00. The van der Waals surface area contributed by atoms with Crippen molar-refractivity contribution >= 4 is 11.6 Å². The molecule has 2 aromatic carbocycles. The van der Waals surface area contributed by atoms with Crippen LogP contribution < -0.4 is 0 Å². The van der Waals surface area contributed by atoms with Gasteiger partial charge in [0.25, 0.3) is 0 Å². The Hall–Kier alpha value is -2.22. The molecule has 2 heteroatoms. The van der Waals surface area contributed by atoms with Crippen LogP contribution in [0.1, 0.15) is 57.6 Å². The second-order valence-electron chi connectivity index (χ2n) is 6.88. The Kier molecular flexibility index (Phi) is 6.69. The molecule has 0 saturated heterocycles. The quantitative estimate of drug-likeness (QED) is 0.579. The van der Waals surface area contributed by atoms with Gasteiger partial charge >= 0.3 is 0 Å². The van der Waals surface area contributed by atoms with E-state index in [1.54, 1.807) is 0 Å². The topological polar surface area (TPSA) is 34.1 Å². The summed E-state index contributed by atoms with van der Waals surface area (Å²) in [4.78, 5) is 23.8. The maximum atomic E-state index is 11.9. The minimum Gasteiger partial charge on any atom is -0.299 e. The van der Waals surface area contributed by atoms with Crippen LogP contribution in [0.25, 0.3) is 0 Å². The lowest BCUT2D eigenvalue weighted by atomic mass is 9.67. The van der Waals surface area contributed by atoms with E-state index < -0.39 is 5.92 Å². The summed E-state index contributed by atoms with van der Waals surface area (Å²) in [6.07, 6.45) is 3.41. The summed E-state index contributed by atoms with van der Waals surface area (Å²) < 4.78 is 0. The zero-order valence-corrected chi connectivity index (χ0v) is 15.5.